The molecule has 0 bridgehead atoms. The molecular weight excluding hydrogens is 751 g/mol. The van der Waals surface area contributed by atoms with Gasteiger partial charge in [0.25, 0.3) is 0 Å². The standard InChI is InChI=1S/C47H69N3O7S/c1-42(2)34(32-13-20-46(21-14-32,41(52)53)31-57-39-33(40(51)56-6)9-8-24-48-39)15-18-43(3)37(42)16-19-45(5)38(43)12-11-35-36-10-7-17-47(36,23-22-44(35,45)4)49-25-26-50-27-29-58(54,55)30-28-50/h8-9,13,15,24,35-38,49H,7,10-12,14,16-23,25-31H2,1-6H3,(H,52,53)/t35-,36-,37?,38?,43+,44-,45-,46+,47+/m1/s1. The summed E-state index contributed by atoms with van der Waals surface area (Å²) in [6.45, 7) is 16.1. The molecule has 2 N–H and O–H groups in total. The van der Waals surface area contributed by atoms with Crippen molar-refractivity contribution in [2.75, 3.05) is 51.4 Å². The van der Waals surface area contributed by atoms with Gasteiger partial charge in [-0.3, -0.25) is 4.79 Å². The first-order chi connectivity index (χ1) is 27.4. The van der Waals surface area contributed by atoms with Crippen LogP contribution in [0.5, 0.6) is 5.88 Å². The highest BCUT2D eigenvalue weighted by molar-refractivity contribution is 7.91. The number of methoxy groups -OCH3 is 1. The molecule has 1 saturated heterocycles. The number of sulfone groups is 1. The Morgan fingerprint density at radius 2 is 1.69 bits per heavy atom. The van der Waals surface area contributed by atoms with E-state index in [0.29, 0.717) is 67.0 Å². The van der Waals surface area contributed by atoms with E-state index in [1.54, 1.807) is 12.1 Å². The number of carboxylic acids is 1. The molecule has 9 atom stereocenters. The first-order valence-electron chi connectivity index (χ1n) is 22.4. The number of rotatable bonds is 10. The summed E-state index contributed by atoms with van der Waals surface area (Å²) in [7, 11) is -1.55. The quantitative estimate of drug-likeness (QED) is 0.225. The van der Waals surface area contributed by atoms with Gasteiger partial charge in [0.2, 0.25) is 5.88 Å². The summed E-state index contributed by atoms with van der Waals surface area (Å²) in [5, 5.41) is 14.7. The minimum absolute atomic E-state index is 0.0311. The first-order valence-corrected chi connectivity index (χ1v) is 24.2. The van der Waals surface area contributed by atoms with Gasteiger partial charge in [-0.05, 0) is 146 Å². The lowest BCUT2D eigenvalue weighted by atomic mass is 9.33. The molecule has 1 aliphatic heterocycles. The number of aliphatic carboxylic acids is 1. The van der Waals surface area contributed by atoms with E-state index in [9.17, 15) is 23.1 Å². The molecular formula is C47H69N3O7S. The first kappa shape index (κ1) is 42.0. The molecule has 6 aliphatic carbocycles. The average molecular weight is 820 g/mol. The van der Waals surface area contributed by atoms with E-state index in [-0.39, 0.29) is 39.8 Å². The normalized spacial score (nSPS) is 40.4. The van der Waals surface area contributed by atoms with Crippen LogP contribution in [-0.4, -0.2) is 92.3 Å². The summed E-state index contributed by atoms with van der Waals surface area (Å²) in [6.07, 6.45) is 20.4. The van der Waals surface area contributed by atoms with E-state index >= 15 is 0 Å². The Morgan fingerprint density at radius 3 is 2.40 bits per heavy atom. The highest BCUT2D eigenvalue weighted by Crippen LogP contribution is 2.76. The Bertz CT molecular complexity index is 1950. The van der Waals surface area contributed by atoms with Gasteiger partial charge in [0, 0.05) is 37.9 Å². The van der Waals surface area contributed by atoms with Gasteiger partial charge in [-0.2, -0.15) is 0 Å². The fraction of sp³-hybridized carbons (Fsp3) is 0.766. The Morgan fingerprint density at radius 1 is 0.914 bits per heavy atom. The fourth-order valence-corrected chi connectivity index (χ4v) is 16.2. The fourth-order valence-electron chi connectivity index (χ4n) is 15.0. The number of carboxylic acid groups (broad SMARTS) is 1. The van der Waals surface area contributed by atoms with E-state index in [4.69, 9.17) is 9.47 Å². The maximum atomic E-state index is 12.8. The number of pyridine rings is 1. The molecule has 1 aromatic heterocycles. The Labute approximate surface area is 347 Å². The second-order valence-electron chi connectivity index (χ2n) is 20.9. The van der Waals surface area contributed by atoms with Crippen LogP contribution in [-0.2, 0) is 19.4 Å². The monoisotopic (exact) mass is 819 g/mol. The summed E-state index contributed by atoms with van der Waals surface area (Å²) >= 11 is 0. The van der Waals surface area contributed by atoms with Crippen LogP contribution in [0.4, 0.5) is 0 Å². The third-order valence-electron chi connectivity index (χ3n) is 18.4. The maximum Gasteiger partial charge on any atom is 0.343 e. The van der Waals surface area contributed by atoms with Crippen LogP contribution in [0.15, 0.2) is 41.6 Å². The predicted molar refractivity (Wildman–Crippen MR) is 225 cm³/mol. The van der Waals surface area contributed by atoms with Crippen LogP contribution in [0.1, 0.15) is 128 Å². The average Bonchev–Trinajstić information content (AvgIpc) is 3.62. The van der Waals surface area contributed by atoms with Crippen LogP contribution in [0.3, 0.4) is 0 Å². The van der Waals surface area contributed by atoms with Crippen molar-refractivity contribution in [2.24, 2.45) is 50.7 Å². The Kier molecular flexibility index (Phi) is 10.8. The van der Waals surface area contributed by atoms with Gasteiger partial charge in [-0.25, -0.2) is 18.2 Å². The molecule has 0 radical (unpaired) electrons. The van der Waals surface area contributed by atoms with Crippen LogP contribution < -0.4 is 10.1 Å². The number of hydrogen-bond donors (Lipinski definition) is 2. The highest BCUT2D eigenvalue weighted by atomic mass is 32.2. The lowest BCUT2D eigenvalue weighted by molar-refractivity contribution is -0.218. The van der Waals surface area contributed by atoms with Gasteiger partial charge in [0.1, 0.15) is 17.6 Å². The third-order valence-corrected chi connectivity index (χ3v) is 20.0. The number of fused-ring (bicyclic) bond motifs is 7. The third kappa shape index (κ3) is 6.70. The molecule has 320 valence electrons. The topological polar surface area (TPSA) is 135 Å². The predicted octanol–water partition coefficient (Wildman–Crippen LogP) is 7.89. The number of aromatic nitrogens is 1. The number of ether oxygens (including phenoxy) is 2. The van der Waals surface area contributed by atoms with E-state index < -0.39 is 27.2 Å². The summed E-state index contributed by atoms with van der Waals surface area (Å²) in [5.74, 6) is 1.91. The van der Waals surface area contributed by atoms with Gasteiger partial charge in [0.05, 0.1) is 18.6 Å². The van der Waals surface area contributed by atoms with Crippen molar-refractivity contribution in [3.63, 3.8) is 0 Å². The van der Waals surface area contributed by atoms with Crippen molar-refractivity contribution < 1.29 is 32.6 Å². The van der Waals surface area contributed by atoms with Crippen molar-refractivity contribution in [3.8, 4) is 5.88 Å². The smallest absolute Gasteiger partial charge is 0.343 e. The van der Waals surface area contributed by atoms with Gasteiger partial charge >= 0.3 is 11.9 Å². The zero-order valence-corrected chi connectivity index (χ0v) is 36.9. The molecule has 7 aliphatic rings. The zero-order chi connectivity index (χ0) is 41.4. The van der Waals surface area contributed by atoms with E-state index in [0.717, 1.165) is 25.4 Å². The number of carbonyl (C=O) groups excluding carboxylic acids is 1. The molecule has 2 heterocycles. The minimum atomic E-state index is -2.86. The minimum Gasteiger partial charge on any atom is -0.481 e. The highest BCUT2D eigenvalue weighted by Gasteiger charge is 2.69. The summed E-state index contributed by atoms with van der Waals surface area (Å²) in [5.41, 5.74) is 2.78. The summed E-state index contributed by atoms with van der Waals surface area (Å²) in [4.78, 5) is 31.7. The van der Waals surface area contributed by atoms with Gasteiger partial charge in [0.15, 0.2) is 9.84 Å². The molecule has 5 fully saturated rings. The number of nitrogens with zero attached hydrogens (tertiary/aromatic N) is 2. The molecule has 1 aromatic rings. The van der Waals surface area contributed by atoms with Crippen molar-refractivity contribution in [1.29, 1.82) is 0 Å². The second-order valence-corrected chi connectivity index (χ2v) is 23.2. The number of carbonyl (C=O) groups is 2. The number of nitrogens with one attached hydrogen (secondary N) is 1. The lowest BCUT2D eigenvalue weighted by Crippen LogP contribution is -2.67. The molecule has 10 nitrogen and oxygen atoms in total. The Balaban J connectivity index is 0.971. The van der Waals surface area contributed by atoms with E-state index in [1.807, 2.05) is 0 Å². The summed E-state index contributed by atoms with van der Waals surface area (Å²) < 4.78 is 34.9. The zero-order valence-electron chi connectivity index (χ0n) is 36.0. The van der Waals surface area contributed by atoms with Crippen LogP contribution in [0, 0.1) is 50.7 Å². The molecule has 0 amide bonds. The molecule has 8 rings (SSSR count). The summed E-state index contributed by atoms with van der Waals surface area (Å²) in [6, 6.07) is 3.22. The molecule has 58 heavy (non-hydrogen) atoms. The molecule has 0 spiro atoms. The van der Waals surface area contributed by atoms with E-state index in [2.05, 4.69) is 62.0 Å². The van der Waals surface area contributed by atoms with Gasteiger partial charge in [-0.15, -0.1) is 0 Å². The van der Waals surface area contributed by atoms with Crippen LogP contribution in [0.25, 0.3) is 0 Å². The van der Waals surface area contributed by atoms with Crippen molar-refractivity contribution in [2.45, 2.75) is 124 Å². The molecule has 2 unspecified atom stereocenters. The SMILES string of the molecule is COC(=O)c1cccnc1OC[C@]1(C(=O)O)CC=C(C2=CC[C@@]3(C)C(CC[C@]4(C)C3CC[C@@H]3[C@H]5CCC[C@]5(NCCN5CCS(=O)(=O)CC5)CC[C@]34C)C2(C)C)CC1. The van der Waals surface area contributed by atoms with Crippen molar-refractivity contribution in [3.05, 3.63) is 47.2 Å². The van der Waals surface area contributed by atoms with Gasteiger partial charge in [-0.1, -0.05) is 53.2 Å². The Hall–Kier alpha value is -2.76. The van der Waals surface area contributed by atoms with E-state index in [1.165, 1.54) is 82.2 Å². The number of esters is 1. The van der Waals surface area contributed by atoms with Crippen LogP contribution in [0.2, 0.25) is 0 Å². The van der Waals surface area contributed by atoms with Crippen molar-refractivity contribution >= 4 is 21.8 Å². The molecule has 0 aromatic carbocycles. The van der Waals surface area contributed by atoms with Gasteiger partial charge < -0.3 is 24.8 Å². The lowest BCUT2D eigenvalue weighted by Gasteiger charge is -2.72. The number of hydrogen-bond acceptors (Lipinski definition) is 9. The van der Waals surface area contributed by atoms with Crippen molar-refractivity contribution in [1.82, 2.24) is 15.2 Å². The van der Waals surface area contributed by atoms with Crippen LogP contribution >= 0.6 is 0 Å². The maximum absolute atomic E-state index is 12.8. The molecule has 11 heteroatoms. The largest absolute Gasteiger partial charge is 0.481 e. The second kappa shape index (κ2) is 15.0. The number of allylic oxidation sites excluding steroid dienone is 4. The molecule has 4 saturated carbocycles.